The minimum atomic E-state index is 0.151. The molecule has 0 radical (unpaired) electrons. The fourth-order valence-corrected chi connectivity index (χ4v) is 3.28. The van der Waals surface area contributed by atoms with Gasteiger partial charge in [-0.05, 0) is 37.7 Å². The van der Waals surface area contributed by atoms with Crippen LogP contribution in [-0.2, 0) is 0 Å². The summed E-state index contributed by atoms with van der Waals surface area (Å²) in [6, 6.07) is 12.6. The van der Waals surface area contributed by atoms with E-state index in [2.05, 4.69) is 52.2 Å². The minimum absolute atomic E-state index is 0.151. The molecule has 0 bridgehead atoms. The van der Waals surface area contributed by atoms with Crippen LogP contribution in [0.1, 0.15) is 23.4 Å². The Hall–Kier alpha value is -1.72. The number of hydrogen-bond donors (Lipinski definition) is 1. The van der Waals surface area contributed by atoms with Crippen molar-refractivity contribution in [1.29, 1.82) is 0 Å². The van der Waals surface area contributed by atoms with Gasteiger partial charge in [-0.25, -0.2) is 0 Å². The predicted octanol–water partition coefficient (Wildman–Crippen LogP) is 4.59. The van der Waals surface area contributed by atoms with Gasteiger partial charge in [0, 0.05) is 15.8 Å². The maximum absolute atomic E-state index is 5.40. The van der Waals surface area contributed by atoms with Crippen molar-refractivity contribution in [3.05, 3.63) is 57.0 Å². The van der Waals surface area contributed by atoms with Crippen LogP contribution in [0.2, 0.25) is 0 Å². The fourth-order valence-electron chi connectivity index (χ4n) is 2.31. The number of hydrogen-bond acceptors (Lipinski definition) is 3. The molecule has 20 heavy (non-hydrogen) atoms. The number of aryl methyl sites for hydroxylation is 1. The van der Waals surface area contributed by atoms with Crippen molar-refractivity contribution in [1.82, 2.24) is 14.8 Å². The summed E-state index contributed by atoms with van der Waals surface area (Å²) in [5, 5.41) is 9.43. The highest BCUT2D eigenvalue weighted by Gasteiger charge is 2.16. The van der Waals surface area contributed by atoms with E-state index in [0.717, 1.165) is 11.4 Å². The number of thiophene rings is 1. The first-order valence-corrected chi connectivity index (χ1v) is 7.73. The second-order valence-electron chi connectivity index (χ2n) is 4.76. The van der Waals surface area contributed by atoms with Crippen molar-refractivity contribution in [3.8, 4) is 11.4 Å². The van der Waals surface area contributed by atoms with Gasteiger partial charge < -0.3 is 0 Å². The predicted molar refractivity (Wildman–Crippen MR) is 85.7 cm³/mol. The minimum Gasteiger partial charge on any atom is -0.293 e. The SMILES string of the molecule is Cc1cc(-c2n[nH]c(=S)n2C(C)c2ccccc2)cs1. The highest BCUT2D eigenvalue weighted by molar-refractivity contribution is 7.71. The Kier molecular flexibility index (Phi) is 3.54. The Morgan fingerprint density at radius 3 is 2.70 bits per heavy atom. The molecule has 0 fully saturated rings. The van der Waals surface area contributed by atoms with Crippen LogP contribution in [0, 0.1) is 11.7 Å². The summed E-state index contributed by atoms with van der Waals surface area (Å²) in [5.41, 5.74) is 2.33. The second-order valence-corrected chi connectivity index (χ2v) is 6.26. The molecule has 0 aliphatic heterocycles. The lowest BCUT2D eigenvalue weighted by Gasteiger charge is -2.15. The van der Waals surface area contributed by atoms with Gasteiger partial charge in [0.2, 0.25) is 0 Å². The van der Waals surface area contributed by atoms with E-state index in [0.29, 0.717) is 4.77 Å². The first kappa shape index (κ1) is 13.3. The van der Waals surface area contributed by atoms with Crippen LogP contribution < -0.4 is 0 Å². The highest BCUT2D eigenvalue weighted by Crippen LogP contribution is 2.28. The summed E-state index contributed by atoms with van der Waals surface area (Å²) in [7, 11) is 0. The maximum Gasteiger partial charge on any atom is 0.196 e. The van der Waals surface area contributed by atoms with E-state index < -0.39 is 0 Å². The molecule has 0 saturated heterocycles. The smallest absolute Gasteiger partial charge is 0.196 e. The number of benzene rings is 1. The Bertz CT molecular complexity index is 768. The van der Waals surface area contributed by atoms with Crippen molar-refractivity contribution in [3.63, 3.8) is 0 Å². The molecule has 0 saturated carbocycles. The van der Waals surface area contributed by atoms with E-state index in [9.17, 15) is 0 Å². The molecule has 1 aromatic carbocycles. The number of H-pyrrole nitrogens is 1. The summed E-state index contributed by atoms with van der Waals surface area (Å²) >= 11 is 7.13. The summed E-state index contributed by atoms with van der Waals surface area (Å²) < 4.78 is 2.73. The Labute approximate surface area is 126 Å². The first-order valence-electron chi connectivity index (χ1n) is 6.44. The molecule has 1 unspecified atom stereocenters. The zero-order valence-electron chi connectivity index (χ0n) is 11.3. The Morgan fingerprint density at radius 2 is 2.05 bits per heavy atom. The number of aromatic amines is 1. The third-order valence-corrected chi connectivity index (χ3v) is 4.51. The van der Waals surface area contributed by atoms with Crippen LogP contribution in [0.4, 0.5) is 0 Å². The van der Waals surface area contributed by atoms with Gasteiger partial charge in [0.25, 0.3) is 0 Å². The zero-order chi connectivity index (χ0) is 14.1. The molecular weight excluding hydrogens is 286 g/mol. The zero-order valence-corrected chi connectivity index (χ0v) is 13.0. The maximum atomic E-state index is 5.40. The normalized spacial score (nSPS) is 12.5. The van der Waals surface area contributed by atoms with Gasteiger partial charge in [-0.15, -0.1) is 11.3 Å². The topological polar surface area (TPSA) is 33.6 Å². The van der Waals surface area contributed by atoms with Crippen LogP contribution in [0.3, 0.4) is 0 Å². The summed E-state index contributed by atoms with van der Waals surface area (Å²) in [6.45, 7) is 4.24. The Balaban J connectivity index is 2.10. The van der Waals surface area contributed by atoms with E-state index in [1.807, 2.05) is 18.2 Å². The lowest BCUT2D eigenvalue weighted by molar-refractivity contribution is 0.635. The van der Waals surface area contributed by atoms with Gasteiger partial charge in [0.05, 0.1) is 6.04 Å². The van der Waals surface area contributed by atoms with E-state index >= 15 is 0 Å². The van der Waals surface area contributed by atoms with Crippen molar-refractivity contribution < 1.29 is 0 Å². The average molecular weight is 301 g/mol. The van der Waals surface area contributed by atoms with Crippen LogP contribution in [0.25, 0.3) is 11.4 Å². The average Bonchev–Trinajstić information content (AvgIpc) is 3.05. The molecule has 3 rings (SSSR count). The van der Waals surface area contributed by atoms with Gasteiger partial charge in [0.15, 0.2) is 10.6 Å². The fraction of sp³-hybridized carbons (Fsp3) is 0.200. The van der Waals surface area contributed by atoms with Crippen LogP contribution in [0.15, 0.2) is 41.8 Å². The second kappa shape index (κ2) is 5.34. The van der Waals surface area contributed by atoms with Gasteiger partial charge >= 0.3 is 0 Å². The number of nitrogens with zero attached hydrogens (tertiary/aromatic N) is 2. The summed E-state index contributed by atoms with van der Waals surface area (Å²) in [6.07, 6.45) is 0. The first-order chi connectivity index (χ1) is 9.66. The van der Waals surface area contributed by atoms with E-state index in [1.54, 1.807) is 11.3 Å². The third kappa shape index (κ3) is 2.34. The summed E-state index contributed by atoms with van der Waals surface area (Å²) in [5.74, 6) is 0.899. The quantitative estimate of drug-likeness (QED) is 0.718. The molecule has 0 aliphatic carbocycles. The molecule has 5 heteroatoms. The number of rotatable bonds is 3. The Morgan fingerprint density at radius 1 is 1.30 bits per heavy atom. The van der Waals surface area contributed by atoms with E-state index in [1.165, 1.54) is 10.4 Å². The molecule has 0 aliphatic rings. The molecule has 3 nitrogen and oxygen atoms in total. The molecule has 2 aromatic heterocycles. The van der Waals surface area contributed by atoms with Crippen molar-refractivity contribution >= 4 is 23.6 Å². The standard InChI is InChI=1S/C15H15N3S2/c1-10-8-13(9-20-10)14-16-17-15(19)18(14)11(2)12-6-4-3-5-7-12/h3-9,11H,1-2H3,(H,17,19). The monoisotopic (exact) mass is 301 g/mol. The van der Waals surface area contributed by atoms with Gasteiger partial charge in [-0.1, -0.05) is 30.3 Å². The highest BCUT2D eigenvalue weighted by atomic mass is 32.1. The van der Waals surface area contributed by atoms with Crippen molar-refractivity contribution in [2.24, 2.45) is 0 Å². The van der Waals surface area contributed by atoms with Crippen molar-refractivity contribution in [2.75, 3.05) is 0 Å². The molecule has 1 N–H and O–H groups in total. The van der Waals surface area contributed by atoms with Crippen LogP contribution in [0.5, 0.6) is 0 Å². The van der Waals surface area contributed by atoms with Gasteiger partial charge in [-0.2, -0.15) is 5.10 Å². The molecule has 0 spiro atoms. The number of aromatic nitrogens is 3. The van der Waals surface area contributed by atoms with E-state index in [4.69, 9.17) is 12.2 Å². The van der Waals surface area contributed by atoms with Crippen LogP contribution in [-0.4, -0.2) is 14.8 Å². The van der Waals surface area contributed by atoms with Gasteiger partial charge in [0.1, 0.15) is 0 Å². The molecule has 102 valence electrons. The molecule has 2 heterocycles. The molecule has 1 atom stereocenters. The summed E-state index contributed by atoms with van der Waals surface area (Å²) in [4.78, 5) is 1.27. The van der Waals surface area contributed by atoms with Gasteiger partial charge in [-0.3, -0.25) is 9.67 Å². The van der Waals surface area contributed by atoms with Crippen LogP contribution >= 0.6 is 23.6 Å². The molecule has 3 aromatic rings. The largest absolute Gasteiger partial charge is 0.293 e. The van der Waals surface area contributed by atoms with Crippen molar-refractivity contribution in [2.45, 2.75) is 19.9 Å². The lowest BCUT2D eigenvalue weighted by Crippen LogP contribution is -2.08. The molecular formula is C15H15N3S2. The van der Waals surface area contributed by atoms with E-state index in [-0.39, 0.29) is 6.04 Å². The lowest BCUT2D eigenvalue weighted by atomic mass is 10.1. The number of nitrogens with one attached hydrogen (secondary N) is 1. The third-order valence-electron chi connectivity index (χ3n) is 3.36. The molecule has 0 amide bonds.